The molecule has 7 heteroatoms. The molecule has 1 aromatic carbocycles. The molecule has 0 saturated carbocycles. The van der Waals surface area contributed by atoms with E-state index in [4.69, 9.17) is 9.47 Å². The third-order valence-electron chi connectivity index (χ3n) is 3.24. The molecule has 1 aliphatic heterocycles. The minimum Gasteiger partial charge on any atom is -0.462 e. The van der Waals surface area contributed by atoms with Crippen LogP contribution in [-0.4, -0.2) is 51.9 Å². The zero-order chi connectivity index (χ0) is 15.6. The van der Waals surface area contributed by atoms with Crippen molar-refractivity contribution < 1.29 is 29.6 Å². The Kier molecular flexibility index (Phi) is 4.79. The SMILES string of the molecule is CC(=O)Nc1ccc(O[C@H]2OC(C)C(O)C(O)C2O)cc1. The van der Waals surface area contributed by atoms with Gasteiger partial charge in [-0.05, 0) is 31.2 Å². The highest BCUT2D eigenvalue weighted by atomic mass is 16.7. The van der Waals surface area contributed by atoms with Crippen molar-refractivity contribution in [2.45, 2.75) is 44.6 Å². The van der Waals surface area contributed by atoms with Crippen LogP contribution in [0.5, 0.6) is 5.75 Å². The van der Waals surface area contributed by atoms with Crippen LogP contribution in [0.25, 0.3) is 0 Å². The van der Waals surface area contributed by atoms with Gasteiger partial charge in [-0.2, -0.15) is 0 Å². The topological polar surface area (TPSA) is 108 Å². The summed E-state index contributed by atoms with van der Waals surface area (Å²) in [5.74, 6) is 0.226. The summed E-state index contributed by atoms with van der Waals surface area (Å²) in [6, 6.07) is 6.48. The van der Waals surface area contributed by atoms with Crippen LogP contribution in [0, 0.1) is 0 Å². The van der Waals surface area contributed by atoms with Gasteiger partial charge in [0, 0.05) is 12.6 Å². The van der Waals surface area contributed by atoms with E-state index in [0.29, 0.717) is 11.4 Å². The fourth-order valence-corrected chi connectivity index (χ4v) is 2.06. The summed E-state index contributed by atoms with van der Waals surface area (Å²) < 4.78 is 10.8. The summed E-state index contributed by atoms with van der Waals surface area (Å²) in [4.78, 5) is 10.9. The number of anilines is 1. The fourth-order valence-electron chi connectivity index (χ4n) is 2.06. The van der Waals surface area contributed by atoms with Crippen LogP contribution >= 0.6 is 0 Å². The summed E-state index contributed by atoms with van der Waals surface area (Å²) in [7, 11) is 0. The standard InChI is InChI=1S/C14H19NO6/c1-7-11(17)12(18)13(19)14(20-7)21-10-5-3-9(4-6-10)15-8(2)16/h3-7,11-14,17-19H,1-2H3,(H,15,16)/t7?,11?,12?,13?,14-/m1/s1. The van der Waals surface area contributed by atoms with Gasteiger partial charge < -0.3 is 30.1 Å². The molecule has 1 fully saturated rings. The minimum absolute atomic E-state index is 0.180. The number of benzene rings is 1. The number of carbonyl (C=O) groups is 1. The molecule has 0 spiro atoms. The van der Waals surface area contributed by atoms with Crippen LogP contribution in [0.1, 0.15) is 13.8 Å². The quantitative estimate of drug-likeness (QED) is 0.618. The zero-order valence-corrected chi connectivity index (χ0v) is 11.8. The van der Waals surface area contributed by atoms with Crippen LogP contribution in [0.2, 0.25) is 0 Å². The first-order chi connectivity index (χ1) is 9.88. The lowest BCUT2D eigenvalue weighted by Gasteiger charge is -2.38. The van der Waals surface area contributed by atoms with Crippen molar-refractivity contribution >= 4 is 11.6 Å². The van der Waals surface area contributed by atoms with Crippen LogP contribution in [0.4, 0.5) is 5.69 Å². The van der Waals surface area contributed by atoms with E-state index in [1.807, 2.05) is 0 Å². The highest BCUT2D eigenvalue weighted by Gasteiger charge is 2.43. The normalized spacial score (nSPS) is 32.5. The van der Waals surface area contributed by atoms with Crippen LogP contribution in [0.3, 0.4) is 0 Å². The number of carbonyl (C=O) groups excluding carboxylic acids is 1. The molecule has 21 heavy (non-hydrogen) atoms. The van der Waals surface area contributed by atoms with Gasteiger partial charge in [-0.25, -0.2) is 0 Å². The molecule has 1 amide bonds. The van der Waals surface area contributed by atoms with E-state index in [1.165, 1.54) is 6.92 Å². The van der Waals surface area contributed by atoms with E-state index < -0.39 is 30.7 Å². The number of hydrogen-bond donors (Lipinski definition) is 4. The first-order valence-electron chi connectivity index (χ1n) is 6.62. The number of nitrogens with one attached hydrogen (secondary N) is 1. The molecule has 1 aromatic rings. The lowest BCUT2D eigenvalue weighted by atomic mass is 10.00. The Labute approximate surface area is 122 Å². The Morgan fingerprint density at radius 2 is 1.76 bits per heavy atom. The van der Waals surface area contributed by atoms with Crippen molar-refractivity contribution in [3.8, 4) is 5.75 Å². The summed E-state index contributed by atoms with van der Waals surface area (Å²) in [6.45, 7) is 2.99. The maximum atomic E-state index is 10.9. The molecular formula is C14H19NO6. The Balaban J connectivity index is 2.02. The largest absolute Gasteiger partial charge is 0.462 e. The molecule has 0 aromatic heterocycles. The van der Waals surface area contributed by atoms with E-state index in [-0.39, 0.29) is 5.91 Å². The van der Waals surface area contributed by atoms with Crippen LogP contribution in [-0.2, 0) is 9.53 Å². The van der Waals surface area contributed by atoms with Crippen molar-refractivity contribution in [2.24, 2.45) is 0 Å². The average Bonchev–Trinajstić information content (AvgIpc) is 2.44. The lowest BCUT2D eigenvalue weighted by molar-refractivity contribution is -0.268. The van der Waals surface area contributed by atoms with Gasteiger partial charge in [-0.1, -0.05) is 0 Å². The maximum Gasteiger partial charge on any atom is 0.229 e. The first-order valence-corrected chi connectivity index (χ1v) is 6.62. The van der Waals surface area contributed by atoms with Crippen molar-refractivity contribution in [2.75, 3.05) is 5.32 Å². The third kappa shape index (κ3) is 3.70. The molecule has 1 saturated heterocycles. The number of hydrogen-bond acceptors (Lipinski definition) is 6. The van der Waals surface area contributed by atoms with Crippen molar-refractivity contribution in [1.29, 1.82) is 0 Å². The van der Waals surface area contributed by atoms with Gasteiger partial charge in [0.25, 0.3) is 0 Å². The zero-order valence-electron chi connectivity index (χ0n) is 11.8. The predicted octanol–water partition coefficient (Wildman–Crippen LogP) is -0.149. The highest BCUT2D eigenvalue weighted by molar-refractivity contribution is 5.88. The monoisotopic (exact) mass is 297 g/mol. The molecule has 0 aliphatic carbocycles. The third-order valence-corrected chi connectivity index (χ3v) is 3.24. The Morgan fingerprint density at radius 3 is 2.33 bits per heavy atom. The van der Waals surface area contributed by atoms with E-state index in [1.54, 1.807) is 31.2 Å². The Morgan fingerprint density at radius 1 is 1.14 bits per heavy atom. The van der Waals surface area contributed by atoms with Crippen LogP contribution < -0.4 is 10.1 Å². The lowest BCUT2D eigenvalue weighted by Crippen LogP contribution is -2.58. The van der Waals surface area contributed by atoms with Gasteiger partial charge in [0.1, 0.15) is 24.1 Å². The molecule has 1 heterocycles. The first kappa shape index (κ1) is 15.7. The van der Waals surface area contributed by atoms with Crippen LogP contribution in [0.15, 0.2) is 24.3 Å². The minimum atomic E-state index is -1.36. The molecule has 5 atom stereocenters. The second-order valence-corrected chi connectivity index (χ2v) is 5.00. The number of aliphatic hydroxyl groups excluding tert-OH is 3. The Hall–Kier alpha value is -1.67. The van der Waals surface area contributed by atoms with E-state index >= 15 is 0 Å². The van der Waals surface area contributed by atoms with Gasteiger partial charge in [-0.15, -0.1) is 0 Å². The molecule has 1 aliphatic rings. The number of amides is 1. The van der Waals surface area contributed by atoms with Gasteiger partial charge in [0.15, 0.2) is 0 Å². The highest BCUT2D eigenvalue weighted by Crippen LogP contribution is 2.24. The number of aliphatic hydroxyl groups is 3. The summed E-state index contributed by atoms with van der Waals surface area (Å²) in [5.41, 5.74) is 0.615. The summed E-state index contributed by atoms with van der Waals surface area (Å²) >= 11 is 0. The van der Waals surface area contributed by atoms with Gasteiger partial charge in [-0.3, -0.25) is 4.79 Å². The number of rotatable bonds is 3. The molecule has 7 nitrogen and oxygen atoms in total. The molecule has 0 radical (unpaired) electrons. The molecule has 116 valence electrons. The van der Waals surface area contributed by atoms with Gasteiger partial charge >= 0.3 is 0 Å². The second kappa shape index (κ2) is 6.40. The molecular weight excluding hydrogens is 278 g/mol. The average molecular weight is 297 g/mol. The maximum absolute atomic E-state index is 10.9. The number of ether oxygens (including phenoxy) is 2. The van der Waals surface area contributed by atoms with Crippen molar-refractivity contribution in [1.82, 2.24) is 0 Å². The van der Waals surface area contributed by atoms with Gasteiger partial charge in [0.05, 0.1) is 6.10 Å². The molecule has 0 bridgehead atoms. The van der Waals surface area contributed by atoms with Crippen molar-refractivity contribution in [3.05, 3.63) is 24.3 Å². The predicted molar refractivity (Wildman–Crippen MR) is 73.7 cm³/mol. The Bertz CT molecular complexity index is 491. The van der Waals surface area contributed by atoms with Gasteiger partial charge in [0.2, 0.25) is 12.2 Å². The molecule has 4 unspecified atom stereocenters. The second-order valence-electron chi connectivity index (χ2n) is 5.00. The van der Waals surface area contributed by atoms with E-state index in [2.05, 4.69) is 5.32 Å². The molecule has 2 rings (SSSR count). The van der Waals surface area contributed by atoms with E-state index in [0.717, 1.165) is 0 Å². The molecule has 4 N–H and O–H groups in total. The fraction of sp³-hybridized carbons (Fsp3) is 0.500. The summed E-state index contributed by atoms with van der Waals surface area (Å²) in [6.07, 6.45) is -5.59. The van der Waals surface area contributed by atoms with Crippen molar-refractivity contribution in [3.63, 3.8) is 0 Å². The van der Waals surface area contributed by atoms with E-state index in [9.17, 15) is 20.1 Å². The summed E-state index contributed by atoms with van der Waals surface area (Å²) in [5, 5.41) is 31.8. The smallest absolute Gasteiger partial charge is 0.229 e.